The highest BCUT2D eigenvalue weighted by Gasteiger charge is 2.09. The van der Waals surface area contributed by atoms with Crippen LogP contribution in [0.5, 0.6) is 0 Å². The molecule has 0 saturated heterocycles. The number of thioether (sulfide) groups is 1. The molecule has 0 radical (unpaired) electrons. The first-order chi connectivity index (χ1) is 5.22. The standard InChI is InChI=1S/C8H19NOS/c1-7(2)8(6-10)9-4-5-11-3/h7-10H,4-6H2,1-3H3/t8-/m1/s1. The summed E-state index contributed by atoms with van der Waals surface area (Å²) < 4.78 is 0. The Morgan fingerprint density at radius 3 is 2.45 bits per heavy atom. The normalized spacial score (nSPS) is 13.9. The highest BCUT2D eigenvalue weighted by molar-refractivity contribution is 7.98. The van der Waals surface area contributed by atoms with Gasteiger partial charge in [0.1, 0.15) is 0 Å². The van der Waals surface area contributed by atoms with E-state index in [4.69, 9.17) is 5.11 Å². The van der Waals surface area contributed by atoms with Crippen molar-refractivity contribution in [1.29, 1.82) is 0 Å². The molecule has 0 aromatic carbocycles. The van der Waals surface area contributed by atoms with Crippen molar-refractivity contribution in [2.45, 2.75) is 19.9 Å². The molecule has 3 heteroatoms. The fourth-order valence-electron chi connectivity index (χ4n) is 0.857. The van der Waals surface area contributed by atoms with Crippen molar-refractivity contribution >= 4 is 11.8 Å². The minimum Gasteiger partial charge on any atom is -0.395 e. The lowest BCUT2D eigenvalue weighted by molar-refractivity contribution is 0.213. The van der Waals surface area contributed by atoms with E-state index in [0.717, 1.165) is 12.3 Å². The number of hydrogen-bond donors (Lipinski definition) is 2. The summed E-state index contributed by atoms with van der Waals surface area (Å²) in [4.78, 5) is 0. The van der Waals surface area contributed by atoms with Gasteiger partial charge in [0.2, 0.25) is 0 Å². The van der Waals surface area contributed by atoms with Gasteiger partial charge in [0.15, 0.2) is 0 Å². The van der Waals surface area contributed by atoms with Crippen LogP contribution in [0.1, 0.15) is 13.8 Å². The quantitative estimate of drug-likeness (QED) is 0.593. The van der Waals surface area contributed by atoms with Gasteiger partial charge < -0.3 is 10.4 Å². The van der Waals surface area contributed by atoms with Gasteiger partial charge in [-0.05, 0) is 12.2 Å². The largest absolute Gasteiger partial charge is 0.395 e. The van der Waals surface area contributed by atoms with Crippen LogP contribution in [0.3, 0.4) is 0 Å². The first-order valence-corrected chi connectivity index (χ1v) is 5.45. The number of nitrogens with one attached hydrogen (secondary N) is 1. The smallest absolute Gasteiger partial charge is 0.0587 e. The second-order valence-electron chi connectivity index (χ2n) is 2.98. The summed E-state index contributed by atoms with van der Waals surface area (Å²) in [5.41, 5.74) is 0. The van der Waals surface area contributed by atoms with Crippen molar-refractivity contribution in [1.82, 2.24) is 5.32 Å². The molecule has 68 valence electrons. The van der Waals surface area contributed by atoms with Gasteiger partial charge >= 0.3 is 0 Å². The van der Waals surface area contributed by atoms with E-state index in [0.29, 0.717) is 5.92 Å². The molecule has 0 aromatic rings. The summed E-state index contributed by atoms with van der Waals surface area (Å²) in [6.07, 6.45) is 2.09. The van der Waals surface area contributed by atoms with Crippen molar-refractivity contribution in [2.75, 3.05) is 25.2 Å². The van der Waals surface area contributed by atoms with Crippen LogP contribution in [0.2, 0.25) is 0 Å². The Morgan fingerprint density at radius 2 is 2.09 bits per heavy atom. The Bertz CT molecular complexity index is 88.2. The van der Waals surface area contributed by atoms with Gasteiger partial charge in [0.25, 0.3) is 0 Å². The van der Waals surface area contributed by atoms with Crippen molar-refractivity contribution in [2.24, 2.45) is 5.92 Å². The zero-order valence-corrected chi connectivity index (χ0v) is 8.45. The second kappa shape index (κ2) is 6.95. The second-order valence-corrected chi connectivity index (χ2v) is 3.97. The van der Waals surface area contributed by atoms with Gasteiger partial charge in [0, 0.05) is 18.3 Å². The lowest BCUT2D eigenvalue weighted by atomic mass is 10.1. The maximum Gasteiger partial charge on any atom is 0.0587 e. The van der Waals surface area contributed by atoms with Crippen LogP contribution in [-0.4, -0.2) is 36.3 Å². The number of hydrogen-bond acceptors (Lipinski definition) is 3. The number of aliphatic hydroxyl groups is 1. The Labute approximate surface area is 73.8 Å². The van der Waals surface area contributed by atoms with Gasteiger partial charge in [-0.2, -0.15) is 11.8 Å². The SMILES string of the molecule is CSCCN[C@H](CO)C(C)C. The van der Waals surface area contributed by atoms with Crippen LogP contribution in [-0.2, 0) is 0 Å². The maximum absolute atomic E-state index is 8.93. The van der Waals surface area contributed by atoms with Crippen LogP contribution in [0.4, 0.5) is 0 Å². The van der Waals surface area contributed by atoms with Crippen LogP contribution in [0.15, 0.2) is 0 Å². The first kappa shape index (κ1) is 11.3. The summed E-state index contributed by atoms with van der Waals surface area (Å²) in [6, 6.07) is 0.266. The Kier molecular flexibility index (Phi) is 7.12. The van der Waals surface area contributed by atoms with E-state index in [9.17, 15) is 0 Å². The van der Waals surface area contributed by atoms with Gasteiger partial charge in [0.05, 0.1) is 6.61 Å². The molecule has 0 aromatic heterocycles. The van der Waals surface area contributed by atoms with Gasteiger partial charge in [-0.25, -0.2) is 0 Å². The zero-order valence-electron chi connectivity index (χ0n) is 7.63. The highest BCUT2D eigenvalue weighted by atomic mass is 32.2. The van der Waals surface area contributed by atoms with Gasteiger partial charge in [-0.15, -0.1) is 0 Å². The number of aliphatic hydroxyl groups excluding tert-OH is 1. The summed E-state index contributed by atoms with van der Waals surface area (Å²) >= 11 is 1.82. The molecule has 11 heavy (non-hydrogen) atoms. The molecule has 0 aliphatic carbocycles. The lowest BCUT2D eigenvalue weighted by Crippen LogP contribution is -2.38. The average molecular weight is 177 g/mol. The monoisotopic (exact) mass is 177 g/mol. The third-order valence-electron chi connectivity index (χ3n) is 1.71. The molecule has 0 amide bonds. The Hall–Kier alpha value is 0.270. The minimum absolute atomic E-state index is 0.242. The first-order valence-electron chi connectivity index (χ1n) is 4.05. The van der Waals surface area contributed by atoms with E-state index in [-0.39, 0.29) is 12.6 Å². The molecule has 0 spiro atoms. The van der Waals surface area contributed by atoms with E-state index in [1.165, 1.54) is 0 Å². The molecule has 0 fully saturated rings. The molecule has 0 aliphatic rings. The van der Waals surface area contributed by atoms with Crippen molar-refractivity contribution < 1.29 is 5.11 Å². The molecule has 0 saturated carbocycles. The predicted octanol–water partition coefficient (Wildman–Crippen LogP) is 0.956. The summed E-state index contributed by atoms with van der Waals surface area (Å²) in [5.74, 6) is 1.63. The molecule has 0 aliphatic heterocycles. The van der Waals surface area contributed by atoms with Crippen LogP contribution in [0.25, 0.3) is 0 Å². The molecule has 2 N–H and O–H groups in total. The van der Waals surface area contributed by atoms with Crippen LogP contribution >= 0.6 is 11.8 Å². The molecule has 2 nitrogen and oxygen atoms in total. The van der Waals surface area contributed by atoms with E-state index < -0.39 is 0 Å². The third kappa shape index (κ3) is 5.53. The predicted molar refractivity (Wildman–Crippen MR) is 52.1 cm³/mol. The molecule has 0 bridgehead atoms. The van der Waals surface area contributed by atoms with E-state index in [1.54, 1.807) is 0 Å². The summed E-state index contributed by atoms with van der Waals surface area (Å²) in [6.45, 7) is 5.47. The minimum atomic E-state index is 0.242. The highest BCUT2D eigenvalue weighted by Crippen LogP contribution is 2.00. The lowest BCUT2D eigenvalue weighted by Gasteiger charge is -2.19. The van der Waals surface area contributed by atoms with Crippen LogP contribution < -0.4 is 5.32 Å². The summed E-state index contributed by atoms with van der Waals surface area (Å²) in [7, 11) is 0. The molecule has 0 heterocycles. The zero-order chi connectivity index (χ0) is 8.69. The van der Waals surface area contributed by atoms with Gasteiger partial charge in [-0.1, -0.05) is 13.8 Å². The van der Waals surface area contributed by atoms with E-state index in [1.807, 2.05) is 11.8 Å². The van der Waals surface area contributed by atoms with Crippen molar-refractivity contribution in [3.05, 3.63) is 0 Å². The Morgan fingerprint density at radius 1 is 1.45 bits per heavy atom. The maximum atomic E-state index is 8.93. The third-order valence-corrected chi connectivity index (χ3v) is 2.33. The van der Waals surface area contributed by atoms with E-state index >= 15 is 0 Å². The van der Waals surface area contributed by atoms with E-state index in [2.05, 4.69) is 25.4 Å². The number of rotatable bonds is 6. The van der Waals surface area contributed by atoms with Crippen molar-refractivity contribution in [3.63, 3.8) is 0 Å². The van der Waals surface area contributed by atoms with Crippen LogP contribution in [0, 0.1) is 5.92 Å². The molecular weight excluding hydrogens is 158 g/mol. The molecule has 1 atom stereocenters. The summed E-state index contributed by atoms with van der Waals surface area (Å²) in [5, 5.41) is 12.2. The topological polar surface area (TPSA) is 32.3 Å². The Balaban J connectivity index is 3.36. The fourth-order valence-corrected chi connectivity index (χ4v) is 1.18. The van der Waals surface area contributed by atoms with Gasteiger partial charge in [-0.3, -0.25) is 0 Å². The molecule has 0 rings (SSSR count). The fraction of sp³-hybridized carbons (Fsp3) is 1.00. The molecule has 0 unspecified atom stereocenters. The van der Waals surface area contributed by atoms with Crippen molar-refractivity contribution in [3.8, 4) is 0 Å². The average Bonchev–Trinajstić information content (AvgIpc) is 1.97. The molecular formula is C8H19NOS.